The van der Waals surface area contributed by atoms with Crippen LogP contribution in [0.25, 0.3) is 0 Å². The molecular formula is C12H19N3O3. The summed E-state index contributed by atoms with van der Waals surface area (Å²) < 4.78 is 11.9. The van der Waals surface area contributed by atoms with E-state index in [-0.39, 0.29) is 17.8 Å². The second-order valence-corrected chi connectivity index (χ2v) is 4.46. The largest absolute Gasteiger partial charge is 0.464 e. The lowest BCUT2D eigenvalue weighted by molar-refractivity contribution is 0.00605. The molecule has 2 N–H and O–H groups in total. The van der Waals surface area contributed by atoms with Crippen LogP contribution in [0.15, 0.2) is 0 Å². The molecule has 0 radical (unpaired) electrons. The molecule has 1 aromatic heterocycles. The summed E-state index contributed by atoms with van der Waals surface area (Å²) >= 11 is 0. The SMILES string of the molecule is CCc1nc(C(=O)OC)c(N)n1C1CC(OC)C1. The molecule has 6 nitrogen and oxygen atoms in total. The van der Waals surface area contributed by atoms with Crippen LogP contribution in [0.5, 0.6) is 0 Å². The van der Waals surface area contributed by atoms with E-state index in [1.165, 1.54) is 7.11 Å². The number of nitrogens with two attached hydrogens (primary N) is 1. The molecule has 6 heteroatoms. The number of anilines is 1. The van der Waals surface area contributed by atoms with E-state index in [0.29, 0.717) is 5.82 Å². The molecule has 0 aromatic carbocycles. The molecule has 1 heterocycles. The normalized spacial score (nSPS) is 22.6. The van der Waals surface area contributed by atoms with Crippen molar-refractivity contribution in [2.24, 2.45) is 0 Å². The first-order valence-electron chi connectivity index (χ1n) is 6.10. The predicted molar refractivity (Wildman–Crippen MR) is 66.4 cm³/mol. The van der Waals surface area contributed by atoms with Crippen LogP contribution in [0.2, 0.25) is 0 Å². The summed E-state index contributed by atoms with van der Waals surface area (Å²) in [4.78, 5) is 15.8. The lowest BCUT2D eigenvalue weighted by atomic mass is 9.89. The van der Waals surface area contributed by atoms with Crippen LogP contribution in [0, 0.1) is 0 Å². The summed E-state index contributed by atoms with van der Waals surface area (Å²) in [7, 11) is 3.04. The standard InChI is InChI=1S/C12H19N3O3/c1-4-9-14-10(12(16)18-3)11(13)15(9)7-5-8(6-7)17-2/h7-8H,4-6,13H2,1-3H3. The second kappa shape index (κ2) is 4.97. The second-order valence-electron chi connectivity index (χ2n) is 4.46. The monoisotopic (exact) mass is 253 g/mol. The minimum absolute atomic E-state index is 0.218. The number of hydrogen-bond donors (Lipinski definition) is 1. The van der Waals surface area contributed by atoms with E-state index < -0.39 is 5.97 Å². The van der Waals surface area contributed by atoms with Gasteiger partial charge in [0.15, 0.2) is 5.69 Å². The molecule has 1 aliphatic rings. The first-order chi connectivity index (χ1) is 8.62. The van der Waals surface area contributed by atoms with Gasteiger partial charge >= 0.3 is 5.97 Å². The Balaban J connectivity index is 2.29. The molecule has 0 aliphatic heterocycles. The molecule has 1 saturated carbocycles. The molecule has 18 heavy (non-hydrogen) atoms. The van der Waals surface area contributed by atoms with Gasteiger partial charge in [0.2, 0.25) is 0 Å². The molecule has 0 amide bonds. The number of carbonyl (C=O) groups is 1. The molecule has 0 saturated heterocycles. The first kappa shape index (κ1) is 12.9. The molecule has 1 fully saturated rings. The van der Waals surface area contributed by atoms with Gasteiger partial charge in [-0.1, -0.05) is 6.92 Å². The van der Waals surface area contributed by atoms with Crippen LogP contribution in [-0.2, 0) is 15.9 Å². The number of rotatable bonds is 4. The van der Waals surface area contributed by atoms with Gasteiger partial charge < -0.3 is 19.8 Å². The zero-order valence-electron chi connectivity index (χ0n) is 11.0. The van der Waals surface area contributed by atoms with Crippen LogP contribution in [0.4, 0.5) is 5.82 Å². The van der Waals surface area contributed by atoms with Crippen molar-refractivity contribution in [1.82, 2.24) is 9.55 Å². The summed E-state index contributed by atoms with van der Waals surface area (Å²) in [5.74, 6) is 0.745. The molecular weight excluding hydrogens is 234 g/mol. The van der Waals surface area contributed by atoms with Crippen LogP contribution in [-0.4, -0.2) is 35.8 Å². The van der Waals surface area contributed by atoms with E-state index in [9.17, 15) is 4.79 Å². The van der Waals surface area contributed by atoms with Gasteiger partial charge in [-0.25, -0.2) is 9.78 Å². The average Bonchev–Trinajstić information content (AvgIpc) is 2.65. The lowest BCUT2D eigenvalue weighted by Gasteiger charge is -2.36. The Bertz CT molecular complexity index is 450. The number of nitrogen functional groups attached to an aromatic ring is 1. The third kappa shape index (κ3) is 1.96. The van der Waals surface area contributed by atoms with Gasteiger partial charge in [0.25, 0.3) is 0 Å². The Morgan fingerprint density at radius 3 is 2.67 bits per heavy atom. The zero-order chi connectivity index (χ0) is 13.3. The Morgan fingerprint density at radius 1 is 1.50 bits per heavy atom. The highest BCUT2D eigenvalue weighted by molar-refractivity contribution is 5.92. The van der Waals surface area contributed by atoms with E-state index in [1.807, 2.05) is 11.5 Å². The summed E-state index contributed by atoms with van der Waals surface area (Å²) in [5.41, 5.74) is 6.23. The fraction of sp³-hybridized carbons (Fsp3) is 0.667. The van der Waals surface area contributed by atoms with E-state index in [0.717, 1.165) is 25.1 Å². The third-order valence-electron chi connectivity index (χ3n) is 3.48. The summed E-state index contributed by atoms with van der Waals surface area (Å²) in [5, 5.41) is 0. The highest BCUT2D eigenvalue weighted by Crippen LogP contribution is 2.37. The van der Waals surface area contributed by atoms with Crippen LogP contribution in [0.1, 0.15) is 42.1 Å². The predicted octanol–water partition coefficient (Wildman–Crippen LogP) is 1.16. The van der Waals surface area contributed by atoms with Crippen molar-refractivity contribution in [2.75, 3.05) is 20.0 Å². The van der Waals surface area contributed by atoms with Crippen molar-refractivity contribution >= 4 is 11.8 Å². The average molecular weight is 253 g/mol. The first-order valence-corrected chi connectivity index (χ1v) is 6.10. The summed E-state index contributed by atoms with van der Waals surface area (Å²) in [6.07, 6.45) is 2.83. The number of imidazole rings is 1. The number of esters is 1. The number of hydrogen-bond acceptors (Lipinski definition) is 5. The number of nitrogens with zero attached hydrogens (tertiary/aromatic N) is 2. The fourth-order valence-electron chi connectivity index (χ4n) is 2.34. The van der Waals surface area contributed by atoms with E-state index >= 15 is 0 Å². The van der Waals surface area contributed by atoms with Gasteiger partial charge in [-0.05, 0) is 12.8 Å². The van der Waals surface area contributed by atoms with Crippen molar-refractivity contribution in [3.63, 3.8) is 0 Å². The van der Waals surface area contributed by atoms with Crippen LogP contribution < -0.4 is 5.73 Å². The highest BCUT2D eigenvalue weighted by Gasteiger charge is 2.34. The Morgan fingerprint density at radius 2 is 2.17 bits per heavy atom. The molecule has 2 rings (SSSR count). The Hall–Kier alpha value is -1.56. The number of carbonyl (C=O) groups excluding carboxylic acids is 1. The van der Waals surface area contributed by atoms with Crippen molar-refractivity contribution in [2.45, 2.75) is 38.3 Å². The van der Waals surface area contributed by atoms with Crippen LogP contribution in [0.3, 0.4) is 0 Å². The topological polar surface area (TPSA) is 79.4 Å². The molecule has 1 aliphatic carbocycles. The molecule has 0 atom stereocenters. The van der Waals surface area contributed by atoms with Crippen molar-refractivity contribution in [3.8, 4) is 0 Å². The minimum atomic E-state index is -0.483. The zero-order valence-corrected chi connectivity index (χ0v) is 11.0. The van der Waals surface area contributed by atoms with Gasteiger partial charge in [-0.2, -0.15) is 0 Å². The Kier molecular flexibility index (Phi) is 3.56. The third-order valence-corrected chi connectivity index (χ3v) is 3.48. The van der Waals surface area contributed by atoms with Gasteiger partial charge in [0.05, 0.1) is 13.2 Å². The number of aromatic nitrogens is 2. The van der Waals surface area contributed by atoms with Crippen molar-refractivity contribution in [3.05, 3.63) is 11.5 Å². The molecule has 1 aromatic rings. The number of ether oxygens (including phenoxy) is 2. The van der Waals surface area contributed by atoms with Crippen molar-refractivity contribution < 1.29 is 14.3 Å². The van der Waals surface area contributed by atoms with E-state index in [4.69, 9.17) is 10.5 Å². The molecule has 100 valence electrons. The van der Waals surface area contributed by atoms with Gasteiger partial charge in [0, 0.05) is 19.6 Å². The number of methoxy groups -OCH3 is 2. The molecule has 0 unspecified atom stereocenters. The maximum Gasteiger partial charge on any atom is 0.360 e. The maximum atomic E-state index is 11.6. The smallest absolute Gasteiger partial charge is 0.360 e. The fourth-order valence-corrected chi connectivity index (χ4v) is 2.34. The summed E-state index contributed by atoms with van der Waals surface area (Å²) in [6.45, 7) is 1.99. The van der Waals surface area contributed by atoms with Crippen molar-refractivity contribution in [1.29, 1.82) is 0 Å². The van der Waals surface area contributed by atoms with Gasteiger partial charge in [-0.3, -0.25) is 0 Å². The highest BCUT2D eigenvalue weighted by atomic mass is 16.5. The van der Waals surface area contributed by atoms with Gasteiger partial charge in [0.1, 0.15) is 11.6 Å². The van der Waals surface area contributed by atoms with E-state index in [1.54, 1.807) is 7.11 Å². The lowest BCUT2D eigenvalue weighted by Crippen LogP contribution is -2.33. The van der Waals surface area contributed by atoms with Gasteiger partial charge in [-0.15, -0.1) is 0 Å². The minimum Gasteiger partial charge on any atom is -0.464 e. The Labute approximate surface area is 106 Å². The number of aryl methyl sites for hydroxylation is 1. The van der Waals surface area contributed by atoms with Crippen LogP contribution >= 0.6 is 0 Å². The summed E-state index contributed by atoms with van der Waals surface area (Å²) in [6, 6.07) is 0.274. The molecule has 0 bridgehead atoms. The maximum absolute atomic E-state index is 11.6. The molecule has 0 spiro atoms. The van der Waals surface area contributed by atoms with E-state index in [2.05, 4.69) is 9.72 Å². The quantitative estimate of drug-likeness (QED) is 0.815.